The van der Waals surface area contributed by atoms with Gasteiger partial charge in [-0.05, 0) is 31.6 Å². The van der Waals surface area contributed by atoms with Crippen LogP contribution in [0.3, 0.4) is 0 Å². The number of rotatable bonds is 89. The van der Waals surface area contributed by atoms with Crippen LogP contribution in [0.2, 0.25) is 0 Å². The van der Waals surface area contributed by atoms with Crippen molar-refractivity contribution in [1.82, 2.24) is 0 Å². The van der Waals surface area contributed by atoms with E-state index in [-0.39, 0.29) is 25.7 Å². The predicted molar refractivity (Wildman–Crippen MR) is 446 cm³/mol. The second kappa shape index (κ2) is 81.6. The number of unbranched alkanes of at least 4 members (excludes halogenated alkanes) is 61. The Balaban J connectivity index is 5.21. The average molecular weight is 1580 g/mol. The van der Waals surface area contributed by atoms with Crippen LogP contribution in [0.25, 0.3) is 0 Å². The van der Waals surface area contributed by atoms with Gasteiger partial charge in [-0.1, -0.05) is 433 Å². The van der Waals surface area contributed by atoms with E-state index in [4.69, 9.17) is 37.0 Å². The van der Waals surface area contributed by atoms with Crippen molar-refractivity contribution >= 4 is 39.5 Å². The first kappa shape index (κ1) is 106. The highest BCUT2D eigenvalue weighted by Gasteiger charge is 2.30. The average Bonchev–Trinajstić information content (AvgIpc) is 0.901. The van der Waals surface area contributed by atoms with Crippen LogP contribution in [0.4, 0.5) is 0 Å². The highest BCUT2D eigenvalue weighted by molar-refractivity contribution is 7.47. The summed E-state index contributed by atoms with van der Waals surface area (Å²) in [7, 11) is -9.93. The van der Waals surface area contributed by atoms with E-state index in [1.807, 2.05) is 0 Å². The maximum Gasteiger partial charge on any atom is 0.472 e. The van der Waals surface area contributed by atoms with Gasteiger partial charge in [0.05, 0.1) is 26.4 Å². The van der Waals surface area contributed by atoms with Crippen molar-refractivity contribution < 1.29 is 80.2 Å². The van der Waals surface area contributed by atoms with Gasteiger partial charge < -0.3 is 33.8 Å². The lowest BCUT2D eigenvalue weighted by Crippen LogP contribution is -2.30. The number of ether oxygens (including phenoxy) is 4. The Morgan fingerprint density at radius 2 is 0.426 bits per heavy atom. The first-order chi connectivity index (χ1) is 52.5. The Labute approximate surface area is 664 Å². The van der Waals surface area contributed by atoms with Crippen LogP contribution >= 0.6 is 15.6 Å². The number of aliphatic hydroxyl groups is 1. The largest absolute Gasteiger partial charge is 0.472 e. The molecule has 0 fully saturated rings. The van der Waals surface area contributed by atoms with Gasteiger partial charge in [-0.2, -0.15) is 0 Å². The second-order valence-corrected chi connectivity index (χ2v) is 35.4. The molecular weight excluding hydrogens is 1400 g/mol. The van der Waals surface area contributed by atoms with Crippen molar-refractivity contribution in [2.75, 3.05) is 39.6 Å². The number of aliphatic hydroxyl groups excluding tert-OH is 1. The van der Waals surface area contributed by atoms with E-state index < -0.39 is 97.5 Å². The molecule has 0 aromatic carbocycles. The molecule has 0 aliphatic rings. The van der Waals surface area contributed by atoms with Gasteiger partial charge in [0.15, 0.2) is 12.2 Å². The van der Waals surface area contributed by atoms with Gasteiger partial charge >= 0.3 is 39.5 Å². The van der Waals surface area contributed by atoms with Gasteiger partial charge in [0.1, 0.15) is 19.3 Å². The zero-order valence-corrected chi connectivity index (χ0v) is 72.8. The number of carbonyl (C=O) groups is 4. The van der Waals surface area contributed by atoms with Crippen molar-refractivity contribution in [2.45, 2.75) is 502 Å². The third kappa shape index (κ3) is 82.1. The predicted octanol–water partition coefficient (Wildman–Crippen LogP) is 27.5. The van der Waals surface area contributed by atoms with Gasteiger partial charge in [0.25, 0.3) is 0 Å². The molecule has 0 rings (SSSR count). The van der Waals surface area contributed by atoms with Crippen LogP contribution in [0.15, 0.2) is 0 Å². The Kier molecular flexibility index (Phi) is 80.2. The van der Waals surface area contributed by atoms with Crippen molar-refractivity contribution in [3.8, 4) is 0 Å². The molecule has 19 heteroatoms. The number of hydrogen-bond acceptors (Lipinski definition) is 15. The molecule has 0 spiro atoms. The van der Waals surface area contributed by atoms with Crippen LogP contribution in [-0.4, -0.2) is 96.7 Å². The standard InChI is InChI=1S/C89H174O17P2/c1-6-9-12-15-18-21-24-26-28-30-31-32-33-37-41-44-48-53-58-63-68-73-87(92)100-79-85(106-89(94)75-70-65-60-55-50-46-42-38-35-34-36-39-43-47-51-56-61-66-71-82(4)5)81-104-108(97,98)102-77-83(90)76-101-107(95,96)103-80-84(78-99-86(91)72-67-62-57-52-23-20-17-14-11-8-3)105-88(93)74-69-64-59-54-49-45-40-29-27-25-22-19-16-13-10-7-2/h82-85,90H,6-81H2,1-5H3,(H,95,96)(H,97,98)/t83-,84+,85+/m0/s1. The maximum absolute atomic E-state index is 13.2. The maximum atomic E-state index is 13.2. The van der Waals surface area contributed by atoms with Crippen LogP contribution in [-0.2, 0) is 65.4 Å². The second-order valence-electron chi connectivity index (χ2n) is 32.5. The van der Waals surface area contributed by atoms with Gasteiger partial charge in [-0.25, -0.2) is 9.13 Å². The third-order valence-corrected chi connectivity index (χ3v) is 22.9. The lowest BCUT2D eigenvalue weighted by atomic mass is 10.0. The number of phosphoric ester groups is 2. The molecule has 5 atom stereocenters. The first-order valence-corrected chi connectivity index (χ1v) is 49.1. The van der Waals surface area contributed by atoms with E-state index in [2.05, 4.69) is 34.6 Å². The molecule has 0 bridgehead atoms. The molecule has 108 heavy (non-hydrogen) atoms. The molecule has 0 radical (unpaired) electrons. The summed E-state index contributed by atoms with van der Waals surface area (Å²) in [6, 6.07) is 0. The van der Waals surface area contributed by atoms with Crippen LogP contribution < -0.4 is 0 Å². The smallest absolute Gasteiger partial charge is 0.462 e. The van der Waals surface area contributed by atoms with Crippen LogP contribution in [0, 0.1) is 5.92 Å². The molecular formula is C89H174O17P2. The monoisotopic (exact) mass is 1580 g/mol. The molecule has 0 aliphatic carbocycles. The van der Waals surface area contributed by atoms with Gasteiger partial charge in [0, 0.05) is 25.7 Å². The Hall–Kier alpha value is -1.94. The highest BCUT2D eigenvalue weighted by Crippen LogP contribution is 2.45. The van der Waals surface area contributed by atoms with Gasteiger partial charge in [-0.3, -0.25) is 37.3 Å². The van der Waals surface area contributed by atoms with Crippen LogP contribution in [0.5, 0.6) is 0 Å². The van der Waals surface area contributed by atoms with E-state index in [1.165, 1.54) is 308 Å². The summed E-state index contributed by atoms with van der Waals surface area (Å²) >= 11 is 0. The number of carbonyl (C=O) groups excluding carboxylic acids is 4. The minimum absolute atomic E-state index is 0.109. The molecule has 642 valence electrons. The van der Waals surface area contributed by atoms with Gasteiger partial charge in [-0.15, -0.1) is 0 Å². The number of phosphoric acid groups is 2. The minimum Gasteiger partial charge on any atom is -0.462 e. The molecule has 3 N–H and O–H groups in total. The lowest BCUT2D eigenvalue weighted by molar-refractivity contribution is -0.161. The molecule has 0 aliphatic heterocycles. The van der Waals surface area contributed by atoms with Crippen molar-refractivity contribution in [3.63, 3.8) is 0 Å². The molecule has 2 unspecified atom stereocenters. The van der Waals surface area contributed by atoms with E-state index in [9.17, 15) is 43.2 Å². The number of esters is 4. The zero-order chi connectivity index (χ0) is 79.0. The van der Waals surface area contributed by atoms with Crippen molar-refractivity contribution in [1.29, 1.82) is 0 Å². The Bertz CT molecular complexity index is 2050. The molecule has 0 saturated heterocycles. The molecule has 0 aromatic heterocycles. The Morgan fingerprint density at radius 1 is 0.250 bits per heavy atom. The van der Waals surface area contributed by atoms with E-state index in [0.717, 1.165) is 95.8 Å². The fourth-order valence-corrected chi connectivity index (χ4v) is 15.6. The quantitative estimate of drug-likeness (QED) is 0.0222. The third-order valence-electron chi connectivity index (χ3n) is 21.0. The van der Waals surface area contributed by atoms with Crippen molar-refractivity contribution in [3.05, 3.63) is 0 Å². The lowest BCUT2D eigenvalue weighted by Gasteiger charge is -2.21. The summed E-state index contributed by atoms with van der Waals surface area (Å²) < 4.78 is 69.0. The zero-order valence-electron chi connectivity index (χ0n) is 71.0. The summed E-state index contributed by atoms with van der Waals surface area (Å²) in [5.74, 6) is -1.28. The SMILES string of the molecule is CCCCCCCCCCCCCCCCCCCCCCCC(=O)OC[C@H](COP(=O)(O)OC[C@@H](O)COP(=O)(O)OC[C@@H](COC(=O)CCCCCCCCCCCC)OC(=O)CCCCCCCCCCCCCCCCCC)OC(=O)CCCCCCCCCCCCCCCCCCCCC(C)C. The fourth-order valence-electron chi connectivity index (χ4n) is 14.0. The molecule has 0 aromatic rings. The summed E-state index contributed by atoms with van der Waals surface area (Å²) in [6.07, 6.45) is 76.5. The number of hydrogen-bond donors (Lipinski definition) is 3. The normalized spacial score (nSPS) is 13.7. The van der Waals surface area contributed by atoms with E-state index in [0.29, 0.717) is 25.7 Å². The molecule has 0 heterocycles. The summed E-state index contributed by atoms with van der Waals surface area (Å²) in [5, 5.41) is 10.7. The minimum atomic E-state index is -4.97. The van der Waals surface area contributed by atoms with Crippen LogP contribution in [0.1, 0.15) is 484 Å². The summed E-state index contributed by atoms with van der Waals surface area (Å²) in [6.45, 7) is 7.41. The topological polar surface area (TPSA) is 237 Å². The molecule has 17 nitrogen and oxygen atoms in total. The summed E-state index contributed by atoms with van der Waals surface area (Å²) in [4.78, 5) is 73.3. The molecule has 0 saturated carbocycles. The van der Waals surface area contributed by atoms with Crippen molar-refractivity contribution in [2.24, 2.45) is 5.92 Å². The first-order valence-electron chi connectivity index (χ1n) is 46.1. The fraction of sp³-hybridized carbons (Fsp3) is 0.955. The Morgan fingerprint density at radius 3 is 0.630 bits per heavy atom. The summed E-state index contributed by atoms with van der Waals surface area (Å²) in [5.41, 5.74) is 0. The van der Waals surface area contributed by atoms with Gasteiger partial charge in [0.2, 0.25) is 0 Å². The van der Waals surface area contributed by atoms with E-state index >= 15 is 0 Å². The highest BCUT2D eigenvalue weighted by atomic mass is 31.2. The molecule has 0 amide bonds. The van der Waals surface area contributed by atoms with E-state index in [1.54, 1.807) is 0 Å².